The van der Waals surface area contributed by atoms with Crippen LogP contribution in [0.15, 0.2) is 0 Å². The summed E-state index contributed by atoms with van der Waals surface area (Å²) in [5.41, 5.74) is 12.1. The normalized spacial score (nSPS) is 14.8. The van der Waals surface area contributed by atoms with Gasteiger partial charge in [-0.1, -0.05) is 85.5 Å². The minimum atomic E-state index is -0.572. The second kappa shape index (κ2) is 35.0. The van der Waals surface area contributed by atoms with Crippen LogP contribution < -0.4 is 48.7 Å². The lowest BCUT2D eigenvalue weighted by Gasteiger charge is -2.26. The van der Waals surface area contributed by atoms with E-state index in [9.17, 15) is 24.0 Å². The lowest BCUT2D eigenvalue weighted by atomic mass is 9.95. The van der Waals surface area contributed by atoms with Crippen molar-refractivity contribution in [3.8, 4) is 0 Å². The Hall–Kier alpha value is -2.81. The van der Waals surface area contributed by atoms with Gasteiger partial charge in [0, 0.05) is 63.7 Å². The van der Waals surface area contributed by atoms with Crippen LogP contribution in [0.4, 0.5) is 0 Å². The van der Waals surface area contributed by atoms with Crippen molar-refractivity contribution in [1.82, 2.24) is 37.2 Å². The fourth-order valence-electron chi connectivity index (χ4n) is 7.46. The van der Waals surface area contributed by atoms with Crippen LogP contribution >= 0.6 is 0 Å². The first-order chi connectivity index (χ1) is 27.8. The third kappa shape index (κ3) is 32.1. The van der Waals surface area contributed by atoms with Gasteiger partial charge in [0.15, 0.2) is 0 Å². The molecule has 1 rings (SSSR count). The van der Waals surface area contributed by atoms with E-state index in [4.69, 9.17) is 11.5 Å². The van der Waals surface area contributed by atoms with Gasteiger partial charge < -0.3 is 48.7 Å². The van der Waals surface area contributed by atoms with Crippen LogP contribution in [0.25, 0.3) is 0 Å². The van der Waals surface area contributed by atoms with E-state index in [0.29, 0.717) is 63.8 Å². The van der Waals surface area contributed by atoms with Crippen LogP contribution in [0.2, 0.25) is 0 Å². The maximum Gasteiger partial charge on any atom is 0.242 e. The Morgan fingerprint density at radius 3 is 1.47 bits per heavy atom. The molecule has 1 saturated carbocycles. The molecule has 0 unspecified atom stereocenters. The lowest BCUT2D eigenvalue weighted by Crippen LogP contribution is -2.50. The number of rotatable bonds is 36. The topological polar surface area (TPSA) is 222 Å². The van der Waals surface area contributed by atoms with E-state index in [2.05, 4.69) is 64.9 Å². The van der Waals surface area contributed by atoms with Crippen LogP contribution in [0, 0.1) is 11.8 Å². The van der Waals surface area contributed by atoms with Gasteiger partial charge in [-0.2, -0.15) is 0 Å². The van der Waals surface area contributed by atoms with Gasteiger partial charge in [-0.25, -0.2) is 0 Å². The van der Waals surface area contributed by atoms with E-state index in [1.165, 1.54) is 6.42 Å². The number of carbonyl (C=O) groups is 5. The summed E-state index contributed by atoms with van der Waals surface area (Å²) in [7, 11) is 0. The number of nitrogens with one attached hydrogen (secondary N) is 7. The third-order valence-electron chi connectivity index (χ3n) is 10.6. The molecule has 1 fully saturated rings. The molecule has 11 N–H and O–H groups in total. The summed E-state index contributed by atoms with van der Waals surface area (Å²) in [4.78, 5) is 62.6. The van der Waals surface area contributed by atoms with Crippen molar-refractivity contribution >= 4 is 29.5 Å². The van der Waals surface area contributed by atoms with E-state index < -0.39 is 6.04 Å². The molecular formula is C44H87N9O5. The number of carbonyl (C=O) groups excluding carboxylic acids is 5. The summed E-state index contributed by atoms with van der Waals surface area (Å²) in [6.07, 6.45) is 19.4. The predicted molar refractivity (Wildman–Crippen MR) is 236 cm³/mol. The first-order valence-corrected chi connectivity index (χ1v) is 23.2. The standard InChI is InChI=1S/C44H87N9O5/c1-34(2)28-36(45)30-47-32-42(56)50-25-17-9-5-7-14-23-40(54)49-27-19-16-22-39(44(58)52-38-20-12-11-13-21-38)53-41(55)24-15-8-6-10-18-26-51-43(57)33-48-31-37(46)29-35(3)4/h34-39,47-48H,5-33,45-46H2,1-4H3,(H,49,54)(H,50,56)(H,51,57)(H,52,58)(H,53,55)/t36-,37-,39-/m0/s1. The molecule has 14 heteroatoms. The molecule has 5 amide bonds. The molecule has 0 bridgehead atoms. The molecule has 0 aliphatic heterocycles. The van der Waals surface area contributed by atoms with Gasteiger partial charge in [0.2, 0.25) is 29.5 Å². The summed E-state index contributed by atoms with van der Waals surface area (Å²) >= 11 is 0. The van der Waals surface area contributed by atoms with Crippen LogP contribution in [-0.2, 0) is 24.0 Å². The van der Waals surface area contributed by atoms with Gasteiger partial charge >= 0.3 is 0 Å². The van der Waals surface area contributed by atoms with E-state index in [-0.39, 0.29) is 60.8 Å². The van der Waals surface area contributed by atoms with Crippen molar-refractivity contribution in [2.45, 2.75) is 193 Å². The summed E-state index contributed by atoms with van der Waals surface area (Å²) in [5.74, 6) is 0.908. The summed E-state index contributed by atoms with van der Waals surface area (Å²) in [6, 6.07) is -0.275. The minimum Gasteiger partial charge on any atom is -0.356 e. The van der Waals surface area contributed by atoms with Crippen molar-refractivity contribution in [2.24, 2.45) is 23.3 Å². The van der Waals surface area contributed by atoms with E-state index >= 15 is 0 Å². The monoisotopic (exact) mass is 822 g/mol. The maximum atomic E-state index is 13.3. The molecule has 14 nitrogen and oxygen atoms in total. The number of nitrogens with two attached hydrogens (primary N) is 2. The van der Waals surface area contributed by atoms with E-state index in [0.717, 1.165) is 116 Å². The number of hydrogen-bond acceptors (Lipinski definition) is 9. The van der Waals surface area contributed by atoms with Gasteiger partial charge in [-0.05, 0) is 82.5 Å². The molecule has 0 aromatic carbocycles. The van der Waals surface area contributed by atoms with Crippen molar-refractivity contribution < 1.29 is 24.0 Å². The highest BCUT2D eigenvalue weighted by Crippen LogP contribution is 2.18. The molecule has 0 spiro atoms. The summed E-state index contributed by atoms with van der Waals surface area (Å²) < 4.78 is 0. The van der Waals surface area contributed by atoms with Crippen molar-refractivity contribution in [3.63, 3.8) is 0 Å². The summed E-state index contributed by atoms with van der Waals surface area (Å²) in [5, 5.41) is 21.4. The SMILES string of the molecule is CC(C)C[C@H](N)CNCC(=O)NCCCCCCCC(=O)NCCCC[C@H](NC(=O)CCCCCCCNC(=O)CNC[C@@H](N)CC(C)C)C(=O)NC1CCCCC1. The zero-order valence-corrected chi connectivity index (χ0v) is 37.2. The predicted octanol–water partition coefficient (Wildman–Crippen LogP) is 4.05. The molecule has 0 saturated heterocycles. The Bertz CT molecular complexity index is 1100. The van der Waals surface area contributed by atoms with Gasteiger partial charge in [0.05, 0.1) is 13.1 Å². The molecule has 1 aliphatic rings. The van der Waals surface area contributed by atoms with Gasteiger partial charge in [-0.3, -0.25) is 24.0 Å². The van der Waals surface area contributed by atoms with Crippen LogP contribution in [-0.4, -0.2) is 99.5 Å². The Kier molecular flexibility index (Phi) is 32.1. The van der Waals surface area contributed by atoms with Crippen molar-refractivity contribution in [1.29, 1.82) is 0 Å². The van der Waals surface area contributed by atoms with Gasteiger partial charge in [0.1, 0.15) is 6.04 Å². The van der Waals surface area contributed by atoms with Crippen molar-refractivity contribution in [2.75, 3.05) is 45.8 Å². The average molecular weight is 822 g/mol. The van der Waals surface area contributed by atoms with Crippen LogP contribution in [0.3, 0.4) is 0 Å². The zero-order chi connectivity index (χ0) is 42.8. The third-order valence-corrected chi connectivity index (χ3v) is 10.6. The number of hydrogen-bond donors (Lipinski definition) is 9. The molecule has 0 aromatic heterocycles. The Morgan fingerprint density at radius 1 is 0.534 bits per heavy atom. The Morgan fingerprint density at radius 2 is 0.966 bits per heavy atom. The highest BCUT2D eigenvalue weighted by atomic mass is 16.2. The molecule has 0 heterocycles. The maximum absolute atomic E-state index is 13.3. The second-order valence-corrected chi connectivity index (χ2v) is 17.6. The van der Waals surface area contributed by atoms with Crippen LogP contribution in [0.1, 0.15) is 169 Å². The average Bonchev–Trinajstić information content (AvgIpc) is 3.16. The van der Waals surface area contributed by atoms with Gasteiger partial charge in [0.25, 0.3) is 0 Å². The molecule has 338 valence electrons. The number of amides is 5. The van der Waals surface area contributed by atoms with Crippen molar-refractivity contribution in [3.05, 3.63) is 0 Å². The van der Waals surface area contributed by atoms with E-state index in [1.807, 2.05) is 0 Å². The molecule has 0 aromatic rings. The van der Waals surface area contributed by atoms with E-state index in [1.54, 1.807) is 0 Å². The smallest absolute Gasteiger partial charge is 0.242 e. The molecular weight excluding hydrogens is 735 g/mol. The second-order valence-electron chi connectivity index (χ2n) is 17.6. The summed E-state index contributed by atoms with van der Waals surface area (Å²) in [6.45, 7) is 12.2. The molecule has 0 radical (unpaired) electrons. The largest absolute Gasteiger partial charge is 0.356 e. The Labute approximate surface area is 352 Å². The fraction of sp³-hybridized carbons (Fsp3) is 0.886. The first kappa shape index (κ1) is 53.2. The lowest BCUT2D eigenvalue weighted by molar-refractivity contribution is -0.129. The first-order valence-electron chi connectivity index (χ1n) is 23.2. The Balaban J connectivity index is 2.19. The van der Waals surface area contributed by atoms with Crippen LogP contribution in [0.5, 0.6) is 0 Å². The highest BCUT2D eigenvalue weighted by Gasteiger charge is 2.24. The zero-order valence-electron chi connectivity index (χ0n) is 37.2. The molecule has 58 heavy (non-hydrogen) atoms. The quantitative estimate of drug-likeness (QED) is 0.0416. The molecule has 1 aliphatic carbocycles. The number of unbranched alkanes of at least 4 members (excludes halogenated alkanes) is 9. The fourth-order valence-corrected chi connectivity index (χ4v) is 7.46. The molecule has 3 atom stereocenters. The van der Waals surface area contributed by atoms with Gasteiger partial charge in [-0.15, -0.1) is 0 Å². The highest BCUT2D eigenvalue weighted by molar-refractivity contribution is 5.87. The minimum absolute atomic E-state index is 0.00564.